The number of rotatable bonds is 8. The predicted molar refractivity (Wildman–Crippen MR) is 88.8 cm³/mol. The normalized spacial score (nSPS) is 12.0. The van der Waals surface area contributed by atoms with Crippen LogP contribution in [0, 0.1) is 0 Å². The van der Waals surface area contributed by atoms with Crippen LogP contribution in [0.25, 0.3) is 0 Å². The summed E-state index contributed by atoms with van der Waals surface area (Å²) in [7, 11) is 0. The van der Waals surface area contributed by atoms with Crippen LogP contribution in [0.2, 0.25) is 0 Å². The Bertz CT molecular complexity index is 595. The molecule has 0 radical (unpaired) electrons. The van der Waals surface area contributed by atoms with Crippen molar-refractivity contribution in [3.05, 3.63) is 71.3 Å². The standard InChI is InChI=1S/C19H23NO2/c1-2-7-15-10-6-11-17(12-15)14-20-18(19(21)22)13-16-8-4-3-5-9-16/h3-6,8-12,18,20H,2,7,13-14H2,1H3,(H,21,22)/t18-/m1/s1. The van der Waals surface area contributed by atoms with Crippen LogP contribution in [-0.2, 0) is 24.2 Å². The molecule has 0 bridgehead atoms. The molecule has 0 spiro atoms. The average molecular weight is 297 g/mol. The van der Waals surface area contributed by atoms with E-state index in [0.717, 1.165) is 24.0 Å². The summed E-state index contributed by atoms with van der Waals surface area (Å²) >= 11 is 0. The van der Waals surface area contributed by atoms with Crippen LogP contribution in [-0.4, -0.2) is 17.1 Å². The van der Waals surface area contributed by atoms with Crippen LogP contribution in [0.1, 0.15) is 30.0 Å². The van der Waals surface area contributed by atoms with Gasteiger partial charge in [-0.15, -0.1) is 0 Å². The van der Waals surface area contributed by atoms with Gasteiger partial charge in [0, 0.05) is 6.54 Å². The molecule has 0 aromatic heterocycles. The highest BCUT2D eigenvalue weighted by Crippen LogP contribution is 2.09. The number of carboxylic acid groups (broad SMARTS) is 1. The number of carbonyl (C=O) groups is 1. The number of hydrogen-bond acceptors (Lipinski definition) is 2. The van der Waals surface area contributed by atoms with Gasteiger partial charge >= 0.3 is 5.97 Å². The third-order valence-corrected chi connectivity index (χ3v) is 3.66. The first-order chi connectivity index (χ1) is 10.7. The average Bonchev–Trinajstić information content (AvgIpc) is 2.53. The lowest BCUT2D eigenvalue weighted by atomic mass is 10.0. The molecule has 0 aliphatic heterocycles. The fourth-order valence-corrected chi connectivity index (χ4v) is 2.52. The van der Waals surface area contributed by atoms with Gasteiger partial charge in [-0.3, -0.25) is 4.79 Å². The molecular formula is C19H23NO2. The Morgan fingerprint density at radius 2 is 1.73 bits per heavy atom. The lowest BCUT2D eigenvalue weighted by molar-refractivity contribution is -0.139. The summed E-state index contributed by atoms with van der Waals surface area (Å²) in [4.78, 5) is 11.4. The van der Waals surface area contributed by atoms with Crippen LogP contribution in [0.15, 0.2) is 54.6 Å². The van der Waals surface area contributed by atoms with Crippen molar-refractivity contribution in [2.45, 2.75) is 38.8 Å². The molecule has 0 unspecified atom stereocenters. The zero-order chi connectivity index (χ0) is 15.8. The summed E-state index contributed by atoms with van der Waals surface area (Å²) in [6.45, 7) is 2.73. The van der Waals surface area contributed by atoms with Crippen molar-refractivity contribution in [2.75, 3.05) is 0 Å². The highest BCUT2D eigenvalue weighted by molar-refractivity contribution is 5.73. The van der Waals surface area contributed by atoms with E-state index in [9.17, 15) is 9.90 Å². The molecule has 0 aliphatic rings. The van der Waals surface area contributed by atoms with Gasteiger partial charge in [0.25, 0.3) is 0 Å². The number of benzene rings is 2. The summed E-state index contributed by atoms with van der Waals surface area (Å²) in [5.41, 5.74) is 3.46. The van der Waals surface area contributed by atoms with Crippen LogP contribution >= 0.6 is 0 Å². The van der Waals surface area contributed by atoms with E-state index < -0.39 is 12.0 Å². The monoisotopic (exact) mass is 297 g/mol. The van der Waals surface area contributed by atoms with E-state index in [2.05, 4.69) is 24.4 Å². The smallest absolute Gasteiger partial charge is 0.321 e. The zero-order valence-electron chi connectivity index (χ0n) is 13.0. The van der Waals surface area contributed by atoms with Crippen molar-refractivity contribution in [3.63, 3.8) is 0 Å². The van der Waals surface area contributed by atoms with Crippen molar-refractivity contribution in [3.8, 4) is 0 Å². The van der Waals surface area contributed by atoms with Crippen LogP contribution in [0.5, 0.6) is 0 Å². The highest BCUT2D eigenvalue weighted by Gasteiger charge is 2.17. The van der Waals surface area contributed by atoms with E-state index in [4.69, 9.17) is 0 Å². The number of nitrogens with one attached hydrogen (secondary N) is 1. The number of aliphatic carboxylic acids is 1. The minimum atomic E-state index is -0.812. The van der Waals surface area contributed by atoms with Gasteiger partial charge in [-0.25, -0.2) is 0 Å². The minimum Gasteiger partial charge on any atom is -0.480 e. The summed E-state index contributed by atoms with van der Waals surface area (Å²) < 4.78 is 0. The van der Waals surface area contributed by atoms with E-state index in [-0.39, 0.29) is 0 Å². The van der Waals surface area contributed by atoms with Crippen LogP contribution in [0.3, 0.4) is 0 Å². The first kappa shape index (κ1) is 16.2. The van der Waals surface area contributed by atoms with Crippen LogP contribution in [0.4, 0.5) is 0 Å². The Morgan fingerprint density at radius 3 is 2.41 bits per heavy atom. The summed E-state index contributed by atoms with van der Waals surface area (Å²) in [6.07, 6.45) is 2.66. The van der Waals surface area contributed by atoms with E-state index >= 15 is 0 Å². The van der Waals surface area contributed by atoms with Gasteiger partial charge in [0.05, 0.1) is 0 Å². The maximum absolute atomic E-state index is 11.4. The molecular weight excluding hydrogens is 274 g/mol. The van der Waals surface area contributed by atoms with Gasteiger partial charge in [0.1, 0.15) is 6.04 Å². The van der Waals surface area contributed by atoms with E-state index in [1.807, 2.05) is 42.5 Å². The highest BCUT2D eigenvalue weighted by atomic mass is 16.4. The Kier molecular flexibility index (Phi) is 6.16. The van der Waals surface area contributed by atoms with Crippen LogP contribution < -0.4 is 5.32 Å². The molecule has 2 rings (SSSR count). The fraction of sp³-hybridized carbons (Fsp3) is 0.316. The maximum Gasteiger partial charge on any atom is 0.321 e. The molecule has 22 heavy (non-hydrogen) atoms. The molecule has 1 atom stereocenters. The second-order valence-corrected chi connectivity index (χ2v) is 5.53. The quantitative estimate of drug-likeness (QED) is 0.785. The van der Waals surface area contributed by atoms with Gasteiger partial charge in [-0.2, -0.15) is 0 Å². The van der Waals surface area contributed by atoms with Gasteiger partial charge in [-0.1, -0.05) is 67.9 Å². The molecule has 116 valence electrons. The molecule has 0 heterocycles. The Labute approximate surface area is 132 Å². The van der Waals surface area contributed by atoms with Crippen molar-refractivity contribution in [1.29, 1.82) is 0 Å². The summed E-state index contributed by atoms with van der Waals surface area (Å²) in [6, 6.07) is 17.5. The molecule has 0 aliphatic carbocycles. The van der Waals surface area contributed by atoms with Crippen molar-refractivity contribution >= 4 is 5.97 Å². The lowest BCUT2D eigenvalue weighted by Gasteiger charge is -2.15. The molecule has 0 fully saturated rings. The third kappa shape index (κ3) is 5.01. The predicted octanol–water partition coefficient (Wildman–Crippen LogP) is 3.42. The van der Waals surface area contributed by atoms with Gasteiger partial charge in [-0.05, 0) is 29.5 Å². The second kappa shape index (κ2) is 8.35. The van der Waals surface area contributed by atoms with Gasteiger partial charge in [0.2, 0.25) is 0 Å². The first-order valence-electron chi connectivity index (χ1n) is 7.77. The zero-order valence-corrected chi connectivity index (χ0v) is 13.0. The van der Waals surface area contributed by atoms with E-state index in [1.54, 1.807) is 0 Å². The number of carboxylic acids is 1. The summed E-state index contributed by atoms with van der Waals surface area (Å²) in [5, 5.41) is 12.5. The Hall–Kier alpha value is -2.13. The Morgan fingerprint density at radius 1 is 1.05 bits per heavy atom. The number of aryl methyl sites for hydroxylation is 1. The minimum absolute atomic E-state index is 0.491. The lowest BCUT2D eigenvalue weighted by Crippen LogP contribution is -2.38. The van der Waals surface area contributed by atoms with E-state index in [1.165, 1.54) is 5.56 Å². The largest absolute Gasteiger partial charge is 0.480 e. The second-order valence-electron chi connectivity index (χ2n) is 5.53. The third-order valence-electron chi connectivity index (χ3n) is 3.66. The molecule has 2 aromatic carbocycles. The van der Waals surface area contributed by atoms with Crippen molar-refractivity contribution < 1.29 is 9.90 Å². The van der Waals surface area contributed by atoms with Gasteiger partial charge < -0.3 is 10.4 Å². The fourth-order valence-electron chi connectivity index (χ4n) is 2.52. The summed E-state index contributed by atoms with van der Waals surface area (Å²) in [5.74, 6) is -0.812. The molecule has 3 nitrogen and oxygen atoms in total. The molecule has 2 N–H and O–H groups in total. The molecule has 0 saturated heterocycles. The maximum atomic E-state index is 11.4. The molecule has 0 amide bonds. The van der Waals surface area contributed by atoms with Gasteiger partial charge in [0.15, 0.2) is 0 Å². The molecule has 0 saturated carbocycles. The molecule has 2 aromatic rings. The topological polar surface area (TPSA) is 49.3 Å². The number of hydrogen-bond donors (Lipinski definition) is 2. The first-order valence-corrected chi connectivity index (χ1v) is 7.77. The van der Waals surface area contributed by atoms with E-state index in [0.29, 0.717) is 13.0 Å². The van der Waals surface area contributed by atoms with Crippen molar-refractivity contribution in [1.82, 2.24) is 5.32 Å². The SMILES string of the molecule is CCCc1cccc(CN[C@H](Cc2ccccc2)C(=O)O)c1. The molecule has 3 heteroatoms. The Balaban J connectivity index is 1.97. The van der Waals surface area contributed by atoms with Crippen molar-refractivity contribution in [2.24, 2.45) is 0 Å².